The number of benzene rings is 2. The Bertz CT molecular complexity index is 652. The normalized spacial score (nSPS) is 16.4. The monoisotopic (exact) mass is 353 g/mol. The standard InChI is InChI=1S/C23H35N3/c1-3-25(4-2)16-12-20-13-17-26(18-14-20)19-15-24-23-11-7-9-21-8-5-6-10-22(21)23/h5-11,20,24H,3-4,12-19H2,1-2H3. The summed E-state index contributed by atoms with van der Waals surface area (Å²) in [7, 11) is 0. The Labute approximate surface area is 159 Å². The van der Waals surface area contributed by atoms with Gasteiger partial charge < -0.3 is 15.1 Å². The molecule has 0 amide bonds. The Balaban J connectivity index is 1.39. The molecule has 3 heteroatoms. The Morgan fingerprint density at radius 3 is 2.50 bits per heavy atom. The van der Waals surface area contributed by atoms with E-state index in [-0.39, 0.29) is 0 Å². The maximum Gasteiger partial charge on any atom is 0.0420 e. The Hall–Kier alpha value is -1.58. The molecule has 2 aromatic rings. The molecule has 0 aromatic heterocycles. The van der Waals surface area contributed by atoms with Crippen LogP contribution in [0.3, 0.4) is 0 Å². The third kappa shape index (κ3) is 5.21. The molecule has 3 nitrogen and oxygen atoms in total. The predicted molar refractivity (Wildman–Crippen MR) is 114 cm³/mol. The van der Waals surface area contributed by atoms with Crippen LogP contribution in [-0.2, 0) is 0 Å². The van der Waals surface area contributed by atoms with Crippen LogP contribution in [0.15, 0.2) is 42.5 Å². The Morgan fingerprint density at radius 1 is 1.00 bits per heavy atom. The highest BCUT2D eigenvalue weighted by molar-refractivity contribution is 5.93. The van der Waals surface area contributed by atoms with Gasteiger partial charge in [0.2, 0.25) is 0 Å². The summed E-state index contributed by atoms with van der Waals surface area (Å²) in [6.45, 7) is 12.9. The highest BCUT2D eigenvalue weighted by Crippen LogP contribution is 2.23. The molecular weight excluding hydrogens is 318 g/mol. The van der Waals surface area contributed by atoms with Gasteiger partial charge in [0.15, 0.2) is 0 Å². The second kappa shape index (κ2) is 9.94. The van der Waals surface area contributed by atoms with Crippen molar-refractivity contribution in [3.05, 3.63) is 42.5 Å². The predicted octanol–water partition coefficient (Wildman–Crippen LogP) is 4.70. The molecule has 1 N–H and O–H groups in total. The van der Waals surface area contributed by atoms with Crippen LogP contribution in [0.25, 0.3) is 10.8 Å². The largest absolute Gasteiger partial charge is 0.383 e. The van der Waals surface area contributed by atoms with Crippen molar-refractivity contribution >= 4 is 16.5 Å². The second-order valence-electron chi connectivity index (χ2n) is 7.55. The van der Waals surface area contributed by atoms with Gasteiger partial charge in [-0.3, -0.25) is 0 Å². The fourth-order valence-corrected chi connectivity index (χ4v) is 4.13. The molecule has 0 spiro atoms. The molecule has 1 aliphatic heterocycles. The van der Waals surface area contributed by atoms with E-state index < -0.39 is 0 Å². The first-order valence-corrected chi connectivity index (χ1v) is 10.5. The molecule has 3 rings (SSSR count). The van der Waals surface area contributed by atoms with E-state index in [4.69, 9.17) is 0 Å². The number of piperidine rings is 1. The molecular formula is C23H35N3. The van der Waals surface area contributed by atoms with Crippen molar-refractivity contribution in [2.75, 3.05) is 51.1 Å². The van der Waals surface area contributed by atoms with E-state index in [9.17, 15) is 0 Å². The molecule has 0 aliphatic carbocycles. The zero-order chi connectivity index (χ0) is 18.2. The fourth-order valence-electron chi connectivity index (χ4n) is 4.13. The number of anilines is 1. The van der Waals surface area contributed by atoms with Gasteiger partial charge in [-0.05, 0) is 69.4 Å². The molecule has 142 valence electrons. The lowest BCUT2D eigenvalue weighted by Gasteiger charge is -2.33. The minimum atomic E-state index is 0.929. The number of likely N-dealkylation sites (tertiary alicyclic amines) is 1. The van der Waals surface area contributed by atoms with Crippen molar-refractivity contribution in [3.8, 4) is 0 Å². The highest BCUT2D eigenvalue weighted by Gasteiger charge is 2.19. The van der Waals surface area contributed by atoms with E-state index in [1.54, 1.807) is 0 Å². The van der Waals surface area contributed by atoms with E-state index >= 15 is 0 Å². The first-order chi connectivity index (χ1) is 12.8. The zero-order valence-electron chi connectivity index (χ0n) is 16.6. The lowest BCUT2D eigenvalue weighted by molar-refractivity contribution is 0.170. The summed E-state index contributed by atoms with van der Waals surface area (Å²) < 4.78 is 0. The topological polar surface area (TPSA) is 18.5 Å². The number of hydrogen-bond acceptors (Lipinski definition) is 3. The first-order valence-electron chi connectivity index (χ1n) is 10.5. The highest BCUT2D eigenvalue weighted by atomic mass is 15.1. The SMILES string of the molecule is CCN(CC)CCC1CCN(CCNc2cccc3ccccc23)CC1. The van der Waals surface area contributed by atoms with Gasteiger partial charge >= 0.3 is 0 Å². The van der Waals surface area contributed by atoms with Crippen LogP contribution in [0.5, 0.6) is 0 Å². The van der Waals surface area contributed by atoms with Crippen molar-refractivity contribution in [3.63, 3.8) is 0 Å². The summed E-state index contributed by atoms with van der Waals surface area (Å²) in [6.07, 6.45) is 4.12. The van der Waals surface area contributed by atoms with Gasteiger partial charge in [-0.15, -0.1) is 0 Å². The third-order valence-electron chi connectivity index (χ3n) is 5.99. The summed E-state index contributed by atoms with van der Waals surface area (Å²) in [5, 5.41) is 6.29. The summed E-state index contributed by atoms with van der Waals surface area (Å²) in [5.74, 6) is 0.929. The molecule has 0 atom stereocenters. The summed E-state index contributed by atoms with van der Waals surface area (Å²) in [5.41, 5.74) is 1.26. The molecule has 1 aliphatic rings. The van der Waals surface area contributed by atoms with Crippen LogP contribution < -0.4 is 5.32 Å². The number of nitrogens with one attached hydrogen (secondary N) is 1. The van der Waals surface area contributed by atoms with Gasteiger partial charge in [-0.25, -0.2) is 0 Å². The Morgan fingerprint density at radius 2 is 1.73 bits per heavy atom. The van der Waals surface area contributed by atoms with Gasteiger partial charge in [0, 0.05) is 24.2 Å². The van der Waals surface area contributed by atoms with Gasteiger partial charge in [-0.2, -0.15) is 0 Å². The minimum Gasteiger partial charge on any atom is -0.383 e. The van der Waals surface area contributed by atoms with Gasteiger partial charge in [0.05, 0.1) is 0 Å². The summed E-state index contributed by atoms with van der Waals surface area (Å²) >= 11 is 0. The molecule has 1 saturated heterocycles. The van der Waals surface area contributed by atoms with Crippen LogP contribution in [-0.4, -0.2) is 55.6 Å². The zero-order valence-corrected chi connectivity index (χ0v) is 16.6. The lowest BCUT2D eigenvalue weighted by atomic mass is 9.93. The molecule has 1 heterocycles. The fraction of sp³-hybridized carbons (Fsp3) is 0.565. The van der Waals surface area contributed by atoms with Crippen molar-refractivity contribution in [1.82, 2.24) is 9.80 Å². The second-order valence-corrected chi connectivity index (χ2v) is 7.55. The molecule has 1 fully saturated rings. The minimum absolute atomic E-state index is 0.929. The summed E-state index contributed by atoms with van der Waals surface area (Å²) in [6, 6.07) is 15.1. The maximum atomic E-state index is 3.65. The van der Waals surface area contributed by atoms with Crippen molar-refractivity contribution < 1.29 is 0 Å². The van der Waals surface area contributed by atoms with Gasteiger partial charge in [0.25, 0.3) is 0 Å². The van der Waals surface area contributed by atoms with E-state index in [2.05, 4.69) is 71.4 Å². The third-order valence-corrected chi connectivity index (χ3v) is 5.99. The maximum absolute atomic E-state index is 3.65. The number of hydrogen-bond donors (Lipinski definition) is 1. The first kappa shape index (κ1) is 19.2. The molecule has 26 heavy (non-hydrogen) atoms. The molecule has 0 unspecified atom stereocenters. The van der Waals surface area contributed by atoms with Crippen molar-refractivity contribution in [1.29, 1.82) is 0 Å². The van der Waals surface area contributed by atoms with E-state index in [0.717, 1.165) is 19.0 Å². The molecule has 0 radical (unpaired) electrons. The number of nitrogens with zero attached hydrogens (tertiary/aromatic N) is 2. The number of rotatable bonds is 9. The van der Waals surface area contributed by atoms with Gasteiger partial charge in [-0.1, -0.05) is 50.2 Å². The van der Waals surface area contributed by atoms with Crippen LogP contribution >= 0.6 is 0 Å². The quantitative estimate of drug-likeness (QED) is 0.705. The lowest BCUT2D eigenvalue weighted by Crippen LogP contribution is -2.37. The number of fused-ring (bicyclic) bond motifs is 1. The van der Waals surface area contributed by atoms with Crippen LogP contribution in [0.2, 0.25) is 0 Å². The average molecular weight is 354 g/mol. The molecule has 2 aromatic carbocycles. The Kier molecular flexibility index (Phi) is 7.33. The van der Waals surface area contributed by atoms with E-state index in [1.807, 2.05) is 0 Å². The van der Waals surface area contributed by atoms with E-state index in [0.29, 0.717) is 0 Å². The smallest absolute Gasteiger partial charge is 0.0420 e. The van der Waals surface area contributed by atoms with Crippen molar-refractivity contribution in [2.45, 2.75) is 33.1 Å². The molecule has 0 saturated carbocycles. The average Bonchev–Trinajstić information content (AvgIpc) is 2.70. The van der Waals surface area contributed by atoms with Crippen LogP contribution in [0.4, 0.5) is 5.69 Å². The van der Waals surface area contributed by atoms with Crippen molar-refractivity contribution in [2.24, 2.45) is 5.92 Å². The van der Waals surface area contributed by atoms with Gasteiger partial charge in [0.1, 0.15) is 0 Å². The van der Waals surface area contributed by atoms with Crippen LogP contribution in [0.1, 0.15) is 33.1 Å². The molecule has 0 bridgehead atoms. The summed E-state index contributed by atoms with van der Waals surface area (Å²) in [4.78, 5) is 5.19. The van der Waals surface area contributed by atoms with E-state index in [1.165, 1.54) is 68.4 Å². The van der Waals surface area contributed by atoms with Crippen LogP contribution in [0, 0.1) is 5.92 Å².